The molecular formula is C9H5F4N. The molecule has 5 heteroatoms. The molecule has 1 aromatic carbocycles. The molecule has 0 N–H and O–H groups in total. The predicted octanol–water partition coefficient (Wildman–Crippen LogP) is 2.97. The Kier molecular flexibility index (Phi) is 3.07. The van der Waals surface area contributed by atoms with Crippen LogP contribution in [0, 0.1) is 23.0 Å². The Labute approximate surface area is 77.6 Å². The summed E-state index contributed by atoms with van der Waals surface area (Å²) < 4.78 is 50.0. The molecule has 0 atom stereocenters. The van der Waals surface area contributed by atoms with E-state index in [1.807, 2.05) is 0 Å². The van der Waals surface area contributed by atoms with Crippen molar-refractivity contribution in [3.63, 3.8) is 0 Å². The van der Waals surface area contributed by atoms with Gasteiger partial charge in [0.1, 0.15) is 11.6 Å². The van der Waals surface area contributed by atoms with E-state index in [2.05, 4.69) is 0 Å². The molecule has 0 bridgehead atoms. The number of hydrogen-bond acceptors (Lipinski definition) is 1. The van der Waals surface area contributed by atoms with Crippen molar-refractivity contribution in [2.24, 2.45) is 0 Å². The molecule has 0 heterocycles. The summed E-state index contributed by atoms with van der Waals surface area (Å²) in [6.45, 7) is 0. The molecule has 1 aromatic rings. The van der Waals surface area contributed by atoms with E-state index < -0.39 is 35.6 Å². The zero-order chi connectivity index (χ0) is 10.7. The van der Waals surface area contributed by atoms with Crippen molar-refractivity contribution < 1.29 is 17.6 Å². The normalized spacial score (nSPS) is 10.3. The zero-order valence-corrected chi connectivity index (χ0v) is 6.90. The van der Waals surface area contributed by atoms with Crippen molar-refractivity contribution in [3.8, 4) is 6.07 Å². The maximum absolute atomic E-state index is 12.9. The van der Waals surface area contributed by atoms with Crippen LogP contribution < -0.4 is 0 Å². The third kappa shape index (κ3) is 2.02. The van der Waals surface area contributed by atoms with E-state index in [9.17, 15) is 17.6 Å². The molecule has 0 unspecified atom stereocenters. The van der Waals surface area contributed by atoms with Gasteiger partial charge in [-0.05, 0) is 6.07 Å². The minimum atomic E-state index is -2.98. The molecule has 0 radical (unpaired) electrons. The van der Waals surface area contributed by atoms with Gasteiger partial charge in [-0.3, -0.25) is 0 Å². The van der Waals surface area contributed by atoms with Crippen molar-refractivity contribution in [2.45, 2.75) is 12.8 Å². The first-order chi connectivity index (χ1) is 6.56. The van der Waals surface area contributed by atoms with Gasteiger partial charge in [-0.1, -0.05) is 0 Å². The maximum Gasteiger partial charge on any atom is 0.264 e. The lowest BCUT2D eigenvalue weighted by atomic mass is 10.0. The quantitative estimate of drug-likeness (QED) is 0.678. The van der Waals surface area contributed by atoms with Gasteiger partial charge in [-0.2, -0.15) is 5.26 Å². The van der Waals surface area contributed by atoms with Gasteiger partial charge >= 0.3 is 0 Å². The molecule has 1 nitrogen and oxygen atoms in total. The van der Waals surface area contributed by atoms with Crippen molar-refractivity contribution in [1.29, 1.82) is 5.26 Å². The number of alkyl halides is 2. The molecule has 0 aromatic heterocycles. The zero-order valence-electron chi connectivity index (χ0n) is 6.90. The number of halogens is 4. The summed E-state index contributed by atoms with van der Waals surface area (Å²) in [5.74, 6) is -2.18. The minimum absolute atomic E-state index is 0.441. The lowest BCUT2D eigenvalue weighted by Crippen LogP contribution is -1.99. The first-order valence-electron chi connectivity index (χ1n) is 3.69. The van der Waals surface area contributed by atoms with Crippen LogP contribution in [0.2, 0.25) is 0 Å². The summed E-state index contributed by atoms with van der Waals surface area (Å²) in [5, 5.41) is 8.26. The summed E-state index contributed by atoms with van der Waals surface area (Å²) in [6, 6.07) is 2.57. The molecule has 0 aliphatic carbocycles. The standard InChI is InChI=1S/C9H5F4N/c10-5-3-7(9(12)13)6(1-2-14)8(11)4-5/h3-4,9H,1H2. The fraction of sp³-hybridized carbons (Fsp3) is 0.222. The van der Waals surface area contributed by atoms with E-state index in [1.54, 1.807) is 6.07 Å². The van der Waals surface area contributed by atoms with Crippen LogP contribution in [0.15, 0.2) is 12.1 Å². The molecule has 14 heavy (non-hydrogen) atoms. The fourth-order valence-electron chi connectivity index (χ4n) is 1.08. The summed E-state index contributed by atoms with van der Waals surface area (Å²) in [7, 11) is 0. The van der Waals surface area contributed by atoms with Crippen LogP contribution in [0.5, 0.6) is 0 Å². The average Bonchev–Trinajstić information content (AvgIpc) is 2.09. The van der Waals surface area contributed by atoms with Gasteiger partial charge in [0.2, 0.25) is 0 Å². The largest absolute Gasteiger partial charge is 0.264 e. The van der Waals surface area contributed by atoms with E-state index in [-0.39, 0.29) is 0 Å². The van der Waals surface area contributed by atoms with E-state index >= 15 is 0 Å². The molecule has 0 amide bonds. The summed E-state index contributed by atoms with van der Waals surface area (Å²) >= 11 is 0. The Bertz CT molecular complexity index is 381. The van der Waals surface area contributed by atoms with Crippen LogP contribution in [0.25, 0.3) is 0 Å². The highest BCUT2D eigenvalue weighted by atomic mass is 19.3. The minimum Gasteiger partial charge on any atom is -0.207 e. The van der Waals surface area contributed by atoms with Crippen molar-refractivity contribution in [3.05, 3.63) is 34.9 Å². The molecule has 74 valence electrons. The van der Waals surface area contributed by atoms with E-state index in [1.165, 1.54) is 0 Å². The lowest BCUT2D eigenvalue weighted by Gasteiger charge is -2.06. The predicted molar refractivity (Wildman–Crippen MR) is 40.6 cm³/mol. The third-order valence-corrected chi connectivity index (χ3v) is 1.69. The van der Waals surface area contributed by atoms with Gasteiger partial charge in [0, 0.05) is 17.2 Å². The monoisotopic (exact) mass is 203 g/mol. The van der Waals surface area contributed by atoms with Crippen LogP contribution in [0.4, 0.5) is 17.6 Å². The van der Waals surface area contributed by atoms with Crippen LogP contribution in [0.1, 0.15) is 17.6 Å². The molecular weight excluding hydrogens is 198 g/mol. The molecule has 1 rings (SSSR count). The summed E-state index contributed by atoms with van der Waals surface area (Å²) in [6.07, 6.45) is -3.48. The van der Waals surface area contributed by atoms with E-state index in [0.29, 0.717) is 12.1 Å². The Balaban J connectivity index is 3.30. The molecule has 0 fully saturated rings. The van der Waals surface area contributed by atoms with Crippen LogP contribution in [-0.2, 0) is 6.42 Å². The number of nitrogens with zero attached hydrogens (tertiary/aromatic N) is 1. The average molecular weight is 203 g/mol. The van der Waals surface area contributed by atoms with Crippen molar-refractivity contribution in [1.82, 2.24) is 0 Å². The third-order valence-electron chi connectivity index (χ3n) is 1.69. The van der Waals surface area contributed by atoms with Gasteiger partial charge in [0.05, 0.1) is 12.5 Å². The first kappa shape index (κ1) is 10.5. The number of nitriles is 1. The maximum atomic E-state index is 12.9. The van der Waals surface area contributed by atoms with Gasteiger partial charge in [-0.25, -0.2) is 17.6 Å². The summed E-state index contributed by atoms with van der Waals surface area (Å²) in [5.41, 5.74) is -1.20. The number of benzene rings is 1. The smallest absolute Gasteiger partial charge is 0.207 e. The first-order valence-corrected chi connectivity index (χ1v) is 3.69. The molecule has 0 aliphatic heterocycles. The van der Waals surface area contributed by atoms with E-state index in [0.717, 1.165) is 0 Å². The highest BCUT2D eigenvalue weighted by molar-refractivity contribution is 5.32. The Hall–Kier alpha value is -1.57. The molecule has 0 saturated heterocycles. The number of rotatable bonds is 2. The molecule has 0 saturated carbocycles. The Morgan fingerprint density at radius 1 is 1.29 bits per heavy atom. The Morgan fingerprint density at radius 2 is 1.93 bits per heavy atom. The van der Waals surface area contributed by atoms with Gasteiger partial charge < -0.3 is 0 Å². The van der Waals surface area contributed by atoms with Gasteiger partial charge in [0.25, 0.3) is 6.43 Å². The second-order valence-electron chi connectivity index (χ2n) is 2.59. The topological polar surface area (TPSA) is 23.8 Å². The summed E-state index contributed by atoms with van der Waals surface area (Å²) in [4.78, 5) is 0. The Morgan fingerprint density at radius 3 is 2.43 bits per heavy atom. The van der Waals surface area contributed by atoms with Crippen LogP contribution in [-0.4, -0.2) is 0 Å². The highest BCUT2D eigenvalue weighted by Gasteiger charge is 2.17. The van der Waals surface area contributed by atoms with Crippen LogP contribution in [0.3, 0.4) is 0 Å². The highest BCUT2D eigenvalue weighted by Crippen LogP contribution is 2.26. The fourth-order valence-corrected chi connectivity index (χ4v) is 1.08. The van der Waals surface area contributed by atoms with Crippen molar-refractivity contribution >= 4 is 0 Å². The van der Waals surface area contributed by atoms with Gasteiger partial charge in [-0.15, -0.1) is 0 Å². The second-order valence-corrected chi connectivity index (χ2v) is 2.59. The van der Waals surface area contributed by atoms with Crippen LogP contribution >= 0.6 is 0 Å². The molecule has 0 spiro atoms. The lowest BCUT2D eigenvalue weighted by molar-refractivity contribution is 0.149. The SMILES string of the molecule is N#CCc1c(F)cc(F)cc1C(F)F. The molecule has 0 aliphatic rings. The number of hydrogen-bond donors (Lipinski definition) is 0. The van der Waals surface area contributed by atoms with Crippen molar-refractivity contribution in [2.75, 3.05) is 0 Å². The van der Waals surface area contributed by atoms with Gasteiger partial charge in [0.15, 0.2) is 0 Å². The van der Waals surface area contributed by atoms with E-state index in [4.69, 9.17) is 5.26 Å². The second kappa shape index (κ2) is 4.09.